The summed E-state index contributed by atoms with van der Waals surface area (Å²) in [5.41, 5.74) is 11.2. The number of benzene rings is 5. The Kier molecular flexibility index (Phi) is 9.78. The summed E-state index contributed by atoms with van der Waals surface area (Å²) in [6, 6.07) is 46.7. The molecular formula is C48H39FIrN4O-2. The van der Waals surface area contributed by atoms with Crippen molar-refractivity contribution < 1.29 is 33.0 Å². The Labute approximate surface area is 338 Å². The van der Waals surface area contributed by atoms with Crippen LogP contribution in [0.2, 0.25) is 0 Å². The molecular weight excluding hydrogens is 860 g/mol. The van der Waals surface area contributed by atoms with Crippen molar-refractivity contribution in [3.8, 4) is 39.6 Å². The van der Waals surface area contributed by atoms with Gasteiger partial charge in [0, 0.05) is 52.9 Å². The third-order valence-corrected chi connectivity index (χ3v) is 9.52. The molecule has 0 fully saturated rings. The topological polar surface area (TPSA) is 56.7 Å². The van der Waals surface area contributed by atoms with Gasteiger partial charge in [-0.3, -0.25) is 9.37 Å². The van der Waals surface area contributed by atoms with Crippen LogP contribution in [-0.2, 0) is 20.1 Å². The summed E-state index contributed by atoms with van der Waals surface area (Å²) in [5.74, 6) is 1.03. The van der Waals surface area contributed by atoms with Crippen molar-refractivity contribution in [2.24, 2.45) is 0 Å². The second-order valence-electron chi connectivity index (χ2n) is 13.8. The predicted octanol–water partition coefficient (Wildman–Crippen LogP) is 12.7. The van der Waals surface area contributed by atoms with E-state index < -0.39 is 6.85 Å². The molecule has 0 bridgehead atoms. The molecule has 275 valence electrons. The zero-order valence-corrected chi connectivity index (χ0v) is 33.2. The summed E-state index contributed by atoms with van der Waals surface area (Å²) < 4.78 is 43.1. The molecule has 1 radical (unpaired) electrons. The first-order valence-corrected chi connectivity index (χ1v) is 18.0. The summed E-state index contributed by atoms with van der Waals surface area (Å²) in [7, 11) is 0. The SMILES string of the molecule is CC(C)c1cccc(C(C)C)c1-n1c(-c2[c-]ccc3c2oc2ccccc23)nc2ccc(-c3ccccc3)nc21.[2H]C([2H])([2H])c1ccc(-c2[c-]cc(F)cc2)nc1.[Ir]. The minimum atomic E-state index is -2.15. The molecule has 0 spiro atoms. The van der Waals surface area contributed by atoms with Crippen molar-refractivity contribution in [2.75, 3.05) is 0 Å². The van der Waals surface area contributed by atoms with Crippen molar-refractivity contribution in [3.05, 3.63) is 168 Å². The van der Waals surface area contributed by atoms with Gasteiger partial charge in [0.15, 0.2) is 5.65 Å². The molecule has 9 rings (SSSR count). The third-order valence-electron chi connectivity index (χ3n) is 9.52. The van der Waals surface area contributed by atoms with Crippen LogP contribution in [0.3, 0.4) is 0 Å². The summed E-state index contributed by atoms with van der Waals surface area (Å²) in [4.78, 5) is 14.5. The summed E-state index contributed by atoms with van der Waals surface area (Å²) in [5, 5.41) is 2.15. The number of aryl methyl sites for hydroxylation is 1. The van der Waals surface area contributed by atoms with Crippen LogP contribution in [0.15, 0.2) is 138 Å². The number of para-hydroxylation sites is 2. The second kappa shape index (κ2) is 15.9. The Morgan fingerprint density at radius 3 is 2.16 bits per heavy atom. The Balaban J connectivity index is 0.000000240. The van der Waals surface area contributed by atoms with E-state index >= 15 is 0 Å². The number of pyridine rings is 2. The molecule has 0 aliphatic carbocycles. The zero-order valence-electron chi connectivity index (χ0n) is 33.8. The van der Waals surface area contributed by atoms with Crippen molar-refractivity contribution in [1.29, 1.82) is 0 Å². The molecule has 0 saturated carbocycles. The molecule has 5 nitrogen and oxygen atoms in total. The molecule has 55 heavy (non-hydrogen) atoms. The Hall–Kier alpha value is -5.75. The molecule has 7 heteroatoms. The minimum absolute atomic E-state index is 0. The Morgan fingerprint density at radius 2 is 1.47 bits per heavy atom. The van der Waals surface area contributed by atoms with Gasteiger partial charge in [-0.2, -0.15) is 0 Å². The first-order valence-electron chi connectivity index (χ1n) is 19.5. The number of nitrogens with zero attached hydrogens (tertiary/aromatic N) is 4. The smallest absolute Gasteiger partial charge is 0.156 e. The number of aromatic nitrogens is 4. The van der Waals surface area contributed by atoms with Gasteiger partial charge < -0.3 is 14.0 Å². The predicted molar refractivity (Wildman–Crippen MR) is 217 cm³/mol. The van der Waals surface area contributed by atoms with Gasteiger partial charge >= 0.3 is 0 Å². The van der Waals surface area contributed by atoms with Crippen LogP contribution < -0.4 is 0 Å². The fourth-order valence-corrected chi connectivity index (χ4v) is 6.85. The van der Waals surface area contributed by atoms with Crippen molar-refractivity contribution >= 4 is 33.1 Å². The minimum Gasteiger partial charge on any atom is -0.501 e. The molecule has 0 atom stereocenters. The maximum Gasteiger partial charge on any atom is 0.156 e. The van der Waals surface area contributed by atoms with E-state index in [0.717, 1.165) is 61.4 Å². The molecule has 9 aromatic rings. The van der Waals surface area contributed by atoms with E-state index in [1.165, 1.54) is 35.5 Å². The Bertz CT molecular complexity index is 2820. The number of hydrogen-bond acceptors (Lipinski definition) is 4. The van der Waals surface area contributed by atoms with Gasteiger partial charge in [0.25, 0.3) is 0 Å². The fourth-order valence-electron chi connectivity index (χ4n) is 6.85. The normalized spacial score (nSPS) is 12.3. The first kappa shape index (κ1) is 33.8. The van der Waals surface area contributed by atoms with Crippen LogP contribution in [0.5, 0.6) is 0 Å². The summed E-state index contributed by atoms with van der Waals surface area (Å²) in [6.07, 6.45) is 1.31. The quantitative estimate of drug-likeness (QED) is 0.156. The molecule has 0 saturated heterocycles. The Morgan fingerprint density at radius 1 is 0.727 bits per heavy atom. The van der Waals surface area contributed by atoms with Gasteiger partial charge in [0.2, 0.25) is 0 Å². The molecule has 0 N–H and O–H groups in total. The van der Waals surface area contributed by atoms with Crippen LogP contribution in [0.1, 0.15) is 60.3 Å². The molecule has 4 heterocycles. The standard InChI is InChI=1S/C36H30N3O.C12H9FN.Ir/c1-22(2)25-15-10-16-26(23(3)4)33(25)39-35(29-18-11-17-28-27-14-8-9-19-32(27)40-34(28)29)38-31-21-20-30(37-36(31)39)24-12-6-5-7-13-24;1-9-2-7-12(14-8-9)10-3-5-11(13)6-4-10;/h5-17,19-23H,1-4H3;2-3,5-8H,1H3;/q2*-1;/i;1D3;. The summed E-state index contributed by atoms with van der Waals surface area (Å²) >= 11 is 0. The maximum absolute atomic E-state index is 12.7. The van der Waals surface area contributed by atoms with Crippen LogP contribution in [0.4, 0.5) is 4.39 Å². The van der Waals surface area contributed by atoms with Crippen molar-refractivity contribution in [2.45, 2.75) is 46.4 Å². The molecule has 0 amide bonds. The van der Waals surface area contributed by atoms with Crippen LogP contribution in [0, 0.1) is 24.8 Å². The number of hydrogen-bond donors (Lipinski definition) is 0. The van der Waals surface area contributed by atoms with E-state index in [-0.39, 0.29) is 31.5 Å². The maximum atomic E-state index is 12.7. The first-order chi connectivity index (χ1) is 27.5. The molecule has 0 unspecified atom stereocenters. The van der Waals surface area contributed by atoms with Gasteiger partial charge in [0.05, 0.1) is 22.6 Å². The average Bonchev–Trinajstić information content (AvgIpc) is 3.79. The number of fused-ring (bicyclic) bond motifs is 4. The van der Waals surface area contributed by atoms with Gasteiger partial charge in [-0.15, -0.1) is 48.0 Å². The van der Waals surface area contributed by atoms with Gasteiger partial charge in [0.1, 0.15) is 5.58 Å². The van der Waals surface area contributed by atoms with Crippen LogP contribution >= 0.6 is 0 Å². The van der Waals surface area contributed by atoms with E-state index in [1.54, 1.807) is 12.1 Å². The van der Waals surface area contributed by atoms with E-state index in [1.807, 2.05) is 42.5 Å². The number of rotatable bonds is 6. The van der Waals surface area contributed by atoms with E-state index in [2.05, 4.69) is 104 Å². The van der Waals surface area contributed by atoms with Crippen molar-refractivity contribution in [3.63, 3.8) is 0 Å². The molecule has 0 aliphatic heterocycles. The van der Waals surface area contributed by atoms with Crippen LogP contribution in [0.25, 0.3) is 72.7 Å². The van der Waals surface area contributed by atoms with Gasteiger partial charge in [-0.05, 0) is 59.3 Å². The van der Waals surface area contributed by atoms with Crippen molar-refractivity contribution in [1.82, 2.24) is 19.5 Å². The van der Waals surface area contributed by atoms with E-state index in [0.29, 0.717) is 23.1 Å². The number of imidazole rings is 1. The molecule has 5 aromatic carbocycles. The third kappa shape index (κ3) is 7.38. The largest absolute Gasteiger partial charge is 0.501 e. The number of furan rings is 1. The monoisotopic (exact) mass is 902 g/mol. The zero-order chi connectivity index (χ0) is 39.8. The fraction of sp³-hybridized carbons (Fsp3) is 0.146. The summed E-state index contributed by atoms with van der Waals surface area (Å²) in [6.45, 7) is 6.83. The van der Waals surface area contributed by atoms with E-state index in [9.17, 15) is 4.39 Å². The molecule has 0 aliphatic rings. The van der Waals surface area contributed by atoms with Crippen LogP contribution in [-0.4, -0.2) is 19.5 Å². The number of halogens is 1. The average molecular weight is 902 g/mol. The second-order valence-corrected chi connectivity index (χ2v) is 13.8. The van der Waals surface area contributed by atoms with Gasteiger partial charge in [-0.25, -0.2) is 4.98 Å². The molecule has 4 aromatic heterocycles. The van der Waals surface area contributed by atoms with Gasteiger partial charge in [-0.1, -0.05) is 118 Å². The van der Waals surface area contributed by atoms with E-state index in [4.69, 9.17) is 18.5 Å².